The Morgan fingerprint density at radius 1 is 1.21 bits per heavy atom. The molecular formula is C25H24ClN3O3S. The van der Waals surface area contributed by atoms with Crippen LogP contribution in [0.4, 0.5) is 5.69 Å². The first kappa shape index (κ1) is 24.6. The Kier molecular flexibility index (Phi) is 8.32. The standard InChI is InChI=1S/C25H24ClN3O3S/c1-4-32-18-11-9-17(10-12-18)29-22(31)14-33-25-20(13-27)24(19-7-5-6-8-21(19)26)23(16(3)30)15(2)28-25/h5-12,20,24H,4,14H2,1-3H3,(H,29,31)/t20?,24-/m1/s1. The number of aliphatic imine (C=N–C) groups is 1. The van der Waals surface area contributed by atoms with E-state index in [0.717, 1.165) is 5.75 Å². The number of thioether (sulfide) groups is 1. The van der Waals surface area contributed by atoms with Gasteiger partial charge in [-0.15, -0.1) is 0 Å². The van der Waals surface area contributed by atoms with Gasteiger partial charge in [0.15, 0.2) is 5.78 Å². The number of ketones is 1. The summed E-state index contributed by atoms with van der Waals surface area (Å²) in [6, 6.07) is 16.6. The summed E-state index contributed by atoms with van der Waals surface area (Å²) in [5.41, 5.74) is 2.35. The summed E-state index contributed by atoms with van der Waals surface area (Å²) in [6.45, 7) is 5.69. The third-order valence-electron chi connectivity index (χ3n) is 5.14. The van der Waals surface area contributed by atoms with Crippen molar-refractivity contribution in [3.63, 3.8) is 0 Å². The van der Waals surface area contributed by atoms with E-state index in [9.17, 15) is 14.9 Å². The van der Waals surface area contributed by atoms with Gasteiger partial charge >= 0.3 is 0 Å². The number of hydrogen-bond donors (Lipinski definition) is 1. The van der Waals surface area contributed by atoms with E-state index in [1.54, 1.807) is 43.3 Å². The lowest BCUT2D eigenvalue weighted by Crippen LogP contribution is -2.29. The molecule has 2 aromatic carbocycles. The molecule has 1 aliphatic heterocycles. The first-order valence-corrected chi connectivity index (χ1v) is 11.8. The molecule has 0 radical (unpaired) electrons. The number of hydrogen-bond acceptors (Lipinski definition) is 6. The first-order chi connectivity index (χ1) is 15.8. The fourth-order valence-electron chi connectivity index (χ4n) is 3.75. The summed E-state index contributed by atoms with van der Waals surface area (Å²) >= 11 is 7.62. The van der Waals surface area contributed by atoms with Gasteiger partial charge in [-0.2, -0.15) is 5.26 Å². The number of ether oxygens (including phenoxy) is 1. The molecule has 6 nitrogen and oxygen atoms in total. The molecule has 33 heavy (non-hydrogen) atoms. The highest BCUT2D eigenvalue weighted by Gasteiger charge is 2.38. The second kappa shape index (κ2) is 11.2. The molecule has 170 valence electrons. The zero-order valence-electron chi connectivity index (χ0n) is 18.6. The molecule has 2 atom stereocenters. The van der Waals surface area contributed by atoms with Gasteiger partial charge in [-0.25, -0.2) is 4.99 Å². The number of anilines is 1. The lowest BCUT2D eigenvalue weighted by atomic mass is 9.77. The molecule has 1 aliphatic rings. The predicted molar refractivity (Wildman–Crippen MR) is 133 cm³/mol. The van der Waals surface area contributed by atoms with E-state index in [1.165, 1.54) is 18.7 Å². The number of carbonyl (C=O) groups is 2. The fourth-order valence-corrected chi connectivity index (χ4v) is 4.93. The van der Waals surface area contributed by atoms with Crippen molar-refractivity contribution in [1.82, 2.24) is 0 Å². The van der Waals surface area contributed by atoms with Gasteiger partial charge in [0.25, 0.3) is 0 Å². The Morgan fingerprint density at radius 2 is 1.91 bits per heavy atom. The maximum Gasteiger partial charge on any atom is 0.234 e. The van der Waals surface area contributed by atoms with Crippen LogP contribution in [0, 0.1) is 17.2 Å². The number of nitriles is 1. The average Bonchev–Trinajstić information content (AvgIpc) is 2.78. The number of benzene rings is 2. The van der Waals surface area contributed by atoms with Crippen LogP contribution in [0.2, 0.25) is 5.02 Å². The average molecular weight is 482 g/mol. The summed E-state index contributed by atoms with van der Waals surface area (Å²) < 4.78 is 5.41. The highest BCUT2D eigenvalue weighted by molar-refractivity contribution is 8.14. The van der Waals surface area contributed by atoms with Gasteiger partial charge in [-0.3, -0.25) is 9.59 Å². The second-order valence-corrected chi connectivity index (χ2v) is 8.81. The van der Waals surface area contributed by atoms with E-state index < -0.39 is 11.8 Å². The molecule has 0 saturated heterocycles. The normalized spacial score (nSPS) is 17.7. The number of carbonyl (C=O) groups excluding carboxylic acids is 2. The molecule has 1 N–H and O–H groups in total. The third-order valence-corrected chi connectivity index (χ3v) is 6.53. The number of amides is 1. The van der Waals surface area contributed by atoms with Crippen molar-refractivity contribution < 1.29 is 14.3 Å². The molecule has 0 spiro atoms. The van der Waals surface area contributed by atoms with Crippen molar-refractivity contribution in [1.29, 1.82) is 5.26 Å². The van der Waals surface area contributed by atoms with Crippen molar-refractivity contribution in [2.24, 2.45) is 10.9 Å². The number of halogens is 1. The van der Waals surface area contributed by atoms with Gasteiger partial charge in [-0.05, 0) is 56.7 Å². The summed E-state index contributed by atoms with van der Waals surface area (Å²) in [5.74, 6) is -0.851. The maximum absolute atomic E-state index is 12.5. The highest BCUT2D eigenvalue weighted by atomic mass is 35.5. The molecule has 2 aromatic rings. The van der Waals surface area contributed by atoms with Gasteiger partial charge in [0, 0.05) is 27.9 Å². The lowest BCUT2D eigenvalue weighted by molar-refractivity contribution is -0.114. The topological polar surface area (TPSA) is 91.5 Å². The molecule has 3 rings (SSSR count). The summed E-state index contributed by atoms with van der Waals surface area (Å²) in [4.78, 5) is 29.5. The van der Waals surface area contributed by atoms with Gasteiger partial charge in [0.2, 0.25) is 5.91 Å². The Hall–Kier alpha value is -3.08. The minimum atomic E-state index is -0.726. The minimum absolute atomic E-state index is 0.0716. The second-order valence-electron chi connectivity index (χ2n) is 7.41. The van der Waals surface area contributed by atoms with Gasteiger partial charge in [-0.1, -0.05) is 41.6 Å². The van der Waals surface area contributed by atoms with Gasteiger partial charge in [0.1, 0.15) is 11.7 Å². The van der Waals surface area contributed by atoms with Crippen LogP contribution in [-0.2, 0) is 9.59 Å². The molecule has 0 bridgehead atoms. The molecule has 8 heteroatoms. The van der Waals surface area contributed by atoms with Gasteiger partial charge < -0.3 is 10.1 Å². The van der Waals surface area contributed by atoms with E-state index in [4.69, 9.17) is 16.3 Å². The number of Topliss-reactive ketones (excluding diaryl/α,β-unsaturated/α-hetero) is 1. The van der Waals surface area contributed by atoms with Crippen LogP contribution >= 0.6 is 23.4 Å². The summed E-state index contributed by atoms with van der Waals surface area (Å²) in [5, 5.41) is 13.8. The van der Waals surface area contributed by atoms with Crippen LogP contribution in [0.25, 0.3) is 0 Å². The van der Waals surface area contributed by atoms with E-state index in [1.807, 2.05) is 19.1 Å². The molecule has 0 saturated carbocycles. The van der Waals surface area contributed by atoms with Crippen LogP contribution in [0.1, 0.15) is 32.3 Å². The number of allylic oxidation sites excluding steroid dienone is 2. The first-order valence-electron chi connectivity index (χ1n) is 10.5. The Labute approximate surface area is 202 Å². The quantitative estimate of drug-likeness (QED) is 0.555. The monoisotopic (exact) mass is 481 g/mol. The molecule has 1 heterocycles. The van der Waals surface area contributed by atoms with E-state index in [0.29, 0.717) is 39.2 Å². The molecular weight excluding hydrogens is 458 g/mol. The molecule has 1 unspecified atom stereocenters. The van der Waals surface area contributed by atoms with Crippen molar-refractivity contribution >= 4 is 45.8 Å². The lowest BCUT2D eigenvalue weighted by Gasteiger charge is -2.30. The zero-order chi connectivity index (χ0) is 24.0. The van der Waals surface area contributed by atoms with Crippen molar-refractivity contribution in [3.05, 3.63) is 70.4 Å². The Bertz CT molecular complexity index is 1150. The smallest absolute Gasteiger partial charge is 0.234 e. The van der Waals surface area contributed by atoms with E-state index >= 15 is 0 Å². The van der Waals surface area contributed by atoms with Crippen LogP contribution in [0.3, 0.4) is 0 Å². The summed E-state index contributed by atoms with van der Waals surface area (Å²) in [7, 11) is 0. The third kappa shape index (κ3) is 5.84. The van der Waals surface area contributed by atoms with Crippen molar-refractivity contribution in [2.75, 3.05) is 17.7 Å². The SMILES string of the molecule is CCOc1ccc(NC(=O)CSC2=NC(C)=C(C(C)=O)[C@H](c3ccccc3Cl)C2C#N)cc1. The minimum Gasteiger partial charge on any atom is -0.494 e. The Morgan fingerprint density at radius 3 is 2.52 bits per heavy atom. The van der Waals surface area contributed by atoms with E-state index in [2.05, 4.69) is 16.4 Å². The maximum atomic E-state index is 12.5. The highest BCUT2D eigenvalue weighted by Crippen LogP contribution is 2.43. The molecule has 0 aliphatic carbocycles. The van der Waals surface area contributed by atoms with Crippen LogP contribution in [-0.4, -0.2) is 29.1 Å². The molecule has 0 fully saturated rings. The molecule has 1 amide bonds. The zero-order valence-corrected chi connectivity index (χ0v) is 20.2. The molecule has 0 aromatic heterocycles. The van der Waals surface area contributed by atoms with Crippen LogP contribution in [0.5, 0.6) is 5.75 Å². The fraction of sp³-hybridized carbons (Fsp3) is 0.280. The largest absolute Gasteiger partial charge is 0.494 e. The number of nitrogens with one attached hydrogen (secondary N) is 1. The number of nitrogens with zero attached hydrogens (tertiary/aromatic N) is 2. The van der Waals surface area contributed by atoms with Gasteiger partial charge in [0.05, 0.1) is 23.5 Å². The van der Waals surface area contributed by atoms with E-state index in [-0.39, 0.29) is 17.4 Å². The van der Waals surface area contributed by atoms with Crippen LogP contribution < -0.4 is 10.1 Å². The van der Waals surface area contributed by atoms with Crippen molar-refractivity contribution in [3.8, 4) is 11.8 Å². The van der Waals surface area contributed by atoms with Crippen LogP contribution in [0.15, 0.2) is 64.8 Å². The Balaban J connectivity index is 1.80. The van der Waals surface area contributed by atoms with Crippen molar-refractivity contribution in [2.45, 2.75) is 26.7 Å². The number of rotatable bonds is 7. The summed E-state index contributed by atoms with van der Waals surface area (Å²) in [6.07, 6.45) is 0. The predicted octanol–water partition coefficient (Wildman–Crippen LogP) is 5.61.